The Labute approximate surface area is 207 Å². The summed E-state index contributed by atoms with van der Waals surface area (Å²) in [6, 6.07) is 21.0. The van der Waals surface area contributed by atoms with E-state index in [4.69, 9.17) is 9.15 Å². The highest BCUT2D eigenvalue weighted by molar-refractivity contribution is 6.08. The molecule has 3 aromatic carbocycles. The zero-order valence-corrected chi connectivity index (χ0v) is 19.5. The Morgan fingerprint density at radius 2 is 1.67 bits per heavy atom. The first-order valence-electron chi connectivity index (χ1n) is 11.6. The summed E-state index contributed by atoms with van der Waals surface area (Å²) in [4.78, 5) is 32.3. The molecule has 0 bridgehead atoms. The Kier molecular flexibility index (Phi) is 6.73. The summed E-state index contributed by atoms with van der Waals surface area (Å²) in [5, 5.41) is 10.2. The number of morpholine rings is 1. The number of ketones is 1. The first-order valence-corrected chi connectivity index (χ1v) is 11.6. The molecule has 1 fully saturated rings. The number of benzene rings is 3. The van der Waals surface area contributed by atoms with Crippen LogP contribution in [0.25, 0.3) is 17.0 Å². The second kappa shape index (κ2) is 10.4. The molecular weight excluding hydrogens is 456 g/mol. The van der Waals surface area contributed by atoms with Gasteiger partial charge in [0.05, 0.1) is 30.2 Å². The maximum absolute atomic E-state index is 12.9. The normalized spacial score (nSPS) is 14.2. The quantitative estimate of drug-likeness (QED) is 0.181. The molecule has 7 nitrogen and oxygen atoms in total. The Balaban J connectivity index is 1.39. The average molecular weight is 481 g/mol. The standard InChI is InChI=1S/C29H24N2O5/c32-23-11-5-20(6-12-23)19-30-22-9-7-21(8-10-22)26(33)14-13-25-28(31-15-17-35-18-16-31)24-3-1-2-4-27(24)36-29(25)34/h1-14,19,32H,15-18H2/b14-13+,30-19?. The molecule has 1 aliphatic heterocycles. The predicted molar refractivity (Wildman–Crippen MR) is 141 cm³/mol. The molecule has 36 heavy (non-hydrogen) atoms. The van der Waals surface area contributed by atoms with Crippen LogP contribution >= 0.6 is 0 Å². The van der Waals surface area contributed by atoms with Gasteiger partial charge in [-0.2, -0.15) is 0 Å². The minimum absolute atomic E-state index is 0.196. The van der Waals surface area contributed by atoms with Gasteiger partial charge in [0.15, 0.2) is 5.78 Å². The summed E-state index contributed by atoms with van der Waals surface area (Å²) < 4.78 is 11.0. The van der Waals surface area contributed by atoms with E-state index in [1.807, 2.05) is 18.2 Å². The van der Waals surface area contributed by atoms with E-state index in [2.05, 4.69) is 9.89 Å². The van der Waals surface area contributed by atoms with Gasteiger partial charge in [0.1, 0.15) is 11.3 Å². The number of phenolic OH excluding ortho intramolecular Hbond substituents is 1. The number of phenols is 1. The van der Waals surface area contributed by atoms with Crippen molar-refractivity contribution in [2.45, 2.75) is 0 Å². The van der Waals surface area contributed by atoms with Gasteiger partial charge in [-0.3, -0.25) is 9.79 Å². The molecule has 0 unspecified atom stereocenters. The van der Waals surface area contributed by atoms with E-state index < -0.39 is 5.63 Å². The molecule has 2 heterocycles. The molecule has 0 radical (unpaired) electrons. The highest BCUT2D eigenvalue weighted by atomic mass is 16.5. The van der Waals surface area contributed by atoms with E-state index in [9.17, 15) is 14.7 Å². The number of ether oxygens (including phenoxy) is 1. The molecule has 4 aromatic rings. The van der Waals surface area contributed by atoms with Crippen molar-refractivity contribution in [2.24, 2.45) is 4.99 Å². The first kappa shape index (κ1) is 23.3. The van der Waals surface area contributed by atoms with Crippen molar-refractivity contribution in [3.05, 3.63) is 106 Å². The lowest BCUT2D eigenvalue weighted by atomic mass is 10.1. The summed E-state index contributed by atoms with van der Waals surface area (Å²) in [6.45, 7) is 2.43. The maximum atomic E-state index is 12.9. The number of rotatable bonds is 6. The van der Waals surface area contributed by atoms with Crippen LogP contribution in [0.4, 0.5) is 11.4 Å². The number of nitrogens with zero attached hydrogens (tertiary/aromatic N) is 2. The molecule has 0 amide bonds. The summed E-state index contributed by atoms with van der Waals surface area (Å²) in [5.74, 6) is -0.0360. The lowest BCUT2D eigenvalue weighted by Crippen LogP contribution is -2.37. The third-order valence-electron chi connectivity index (χ3n) is 5.96. The minimum atomic E-state index is -0.488. The lowest BCUT2D eigenvalue weighted by molar-refractivity contribution is 0.104. The van der Waals surface area contributed by atoms with Crippen LogP contribution in [-0.4, -0.2) is 43.4 Å². The molecule has 1 saturated heterocycles. The van der Waals surface area contributed by atoms with Crippen molar-refractivity contribution < 1.29 is 19.1 Å². The number of carbonyl (C=O) groups is 1. The predicted octanol–water partition coefficient (Wildman–Crippen LogP) is 4.98. The molecule has 180 valence electrons. The number of aromatic hydroxyl groups is 1. The van der Waals surface area contributed by atoms with Crippen LogP contribution < -0.4 is 10.5 Å². The van der Waals surface area contributed by atoms with Crippen molar-refractivity contribution in [1.29, 1.82) is 0 Å². The zero-order valence-electron chi connectivity index (χ0n) is 19.5. The number of allylic oxidation sites excluding steroid dienone is 1. The summed E-state index contributed by atoms with van der Waals surface area (Å²) in [6.07, 6.45) is 4.63. The Morgan fingerprint density at radius 3 is 2.42 bits per heavy atom. The van der Waals surface area contributed by atoms with Gasteiger partial charge in [0.25, 0.3) is 0 Å². The van der Waals surface area contributed by atoms with Gasteiger partial charge in [0, 0.05) is 30.3 Å². The molecule has 0 aliphatic carbocycles. The molecule has 1 aliphatic rings. The van der Waals surface area contributed by atoms with Gasteiger partial charge in [-0.15, -0.1) is 0 Å². The Morgan fingerprint density at radius 1 is 0.944 bits per heavy atom. The van der Waals surface area contributed by atoms with E-state index in [0.29, 0.717) is 48.7 Å². The van der Waals surface area contributed by atoms with Crippen LogP contribution in [0.5, 0.6) is 5.75 Å². The molecule has 1 N–H and O–H groups in total. The number of hydrogen-bond acceptors (Lipinski definition) is 7. The zero-order chi connectivity index (χ0) is 24.9. The summed E-state index contributed by atoms with van der Waals surface area (Å²) >= 11 is 0. The molecule has 7 heteroatoms. The molecule has 0 atom stereocenters. The van der Waals surface area contributed by atoms with E-state index >= 15 is 0 Å². The molecule has 1 aromatic heterocycles. The number of fused-ring (bicyclic) bond motifs is 1. The average Bonchev–Trinajstić information content (AvgIpc) is 2.92. The number of anilines is 1. The van der Waals surface area contributed by atoms with Crippen LogP contribution in [0.2, 0.25) is 0 Å². The van der Waals surface area contributed by atoms with Crippen molar-refractivity contribution in [3.63, 3.8) is 0 Å². The van der Waals surface area contributed by atoms with Gasteiger partial charge in [-0.05, 0) is 78.4 Å². The van der Waals surface area contributed by atoms with Gasteiger partial charge in [0.2, 0.25) is 0 Å². The van der Waals surface area contributed by atoms with Crippen LogP contribution in [0.3, 0.4) is 0 Å². The largest absolute Gasteiger partial charge is 0.508 e. The SMILES string of the molecule is O=C(/C=C/c1c(N2CCOCC2)c2ccccc2oc1=O)c1ccc(N=Cc2ccc(O)cc2)cc1. The molecule has 0 saturated carbocycles. The van der Waals surface area contributed by atoms with E-state index in [1.165, 1.54) is 6.08 Å². The first-order chi connectivity index (χ1) is 17.6. The smallest absolute Gasteiger partial charge is 0.345 e. The third kappa shape index (κ3) is 5.11. The van der Waals surface area contributed by atoms with Crippen molar-refractivity contribution >= 4 is 40.4 Å². The van der Waals surface area contributed by atoms with Crippen molar-refractivity contribution in [1.82, 2.24) is 0 Å². The Bertz CT molecular complexity index is 1500. The van der Waals surface area contributed by atoms with Gasteiger partial charge in [-0.1, -0.05) is 12.1 Å². The maximum Gasteiger partial charge on any atom is 0.345 e. The topological polar surface area (TPSA) is 92.3 Å². The van der Waals surface area contributed by atoms with E-state index in [1.54, 1.807) is 66.9 Å². The summed E-state index contributed by atoms with van der Waals surface area (Å²) in [7, 11) is 0. The minimum Gasteiger partial charge on any atom is -0.508 e. The van der Waals surface area contributed by atoms with Crippen LogP contribution in [0.1, 0.15) is 21.5 Å². The van der Waals surface area contributed by atoms with Crippen LogP contribution in [0, 0.1) is 0 Å². The fraction of sp³-hybridized carbons (Fsp3) is 0.138. The van der Waals surface area contributed by atoms with E-state index in [-0.39, 0.29) is 11.5 Å². The van der Waals surface area contributed by atoms with Crippen LogP contribution in [0.15, 0.2) is 93.1 Å². The third-order valence-corrected chi connectivity index (χ3v) is 5.96. The van der Waals surface area contributed by atoms with Crippen LogP contribution in [-0.2, 0) is 4.74 Å². The highest BCUT2D eigenvalue weighted by Gasteiger charge is 2.20. The number of hydrogen-bond donors (Lipinski definition) is 1. The highest BCUT2D eigenvalue weighted by Crippen LogP contribution is 2.30. The monoisotopic (exact) mass is 480 g/mol. The van der Waals surface area contributed by atoms with E-state index in [0.717, 1.165) is 16.6 Å². The van der Waals surface area contributed by atoms with Gasteiger partial charge in [-0.25, -0.2) is 4.79 Å². The molecular formula is C29H24N2O5. The van der Waals surface area contributed by atoms with Crippen molar-refractivity contribution in [3.8, 4) is 5.75 Å². The fourth-order valence-electron chi connectivity index (χ4n) is 4.10. The summed E-state index contributed by atoms with van der Waals surface area (Å²) in [5.41, 5.74) is 3.14. The second-order valence-corrected chi connectivity index (χ2v) is 8.34. The molecule has 5 rings (SSSR count). The Hall–Kier alpha value is -4.49. The number of aliphatic imine (C=N–C) groups is 1. The fourth-order valence-corrected chi connectivity index (χ4v) is 4.10. The molecule has 0 spiro atoms. The number of carbonyl (C=O) groups excluding carboxylic acids is 1. The lowest BCUT2D eigenvalue weighted by Gasteiger charge is -2.30. The van der Waals surface area contributed by atoms with Gasteiger partial charge >= 0.3 is 5.63 Å². The number of para-hydroxylation sites is 1. The van der Waals surface area contributed by atoms with Crippen molar-refractivity contribution in [2.75, 3.05) is 31.2 Å². The second-order valence-electron chi connectivity index (χ2n) is 8.34. The van der Waals surface area contributed by atoms with Gasteiger partial charge < -0.3 is 19.2 Å².